The first kappa shape index (κ1) is 19.8. The van der Waals surface area contributed by atoms with Crippen molar-refractivity contribution in [1.29, 1.82) is 0 Å². The van der Waals surface area contributed by atoms with Crippen molar-refractivity contribution < 1.29 is 18.3 Å². The number of halogens is 2. The van der Waals surface area contributed by atoms with Gasteiger partial charge in [0.25, 0.3) is 0 Å². The summed E-state index contributed by atoms with van der Waals surface area (Å²) < 4.78 is 41.2. The Labute approximate surface area is 179 Å². The average molecular weight is 419 g/mol. The smallest absolute Gasteiger partial charge is 0.160 e. The zero-order valence-electron chi connectivity index (χ0n) is 17.1. The highest BCUT2D eigenvalue weighted by molar-refractivity contribution is 5.85. The molecule has 5 rings (SSSR count). The van der Waals surface area contributed by atoms with Crippen molar-refractivity contribution in [2.24, 2.45) is 0 Å². The van der Waals surface area contributed by atoms with Crippen LogP contribution >= 0.6 is 0 Å². The lowest BCUT2D eigenvalue weighted by molar-refractivity contribution is 0.0842. The number of fused-ring (bicyclic) bond motifs is 1. The largest absolute Gasteiger partial charge is 0.489 e. The van der Waals surface area contributed by atoms with Crippen LogP contribution in [0.15, 0.2) is 72.8 Å². The minimum atomic E-state index is -0.847. The van der Waals surface area contributed by atoms with Crippen LogP contribution in [0.5, 0.6) is 5.75 Å². The van der Waals surface area contributed by atoms with E-state index in [9.17, 15) is 8.78 Å². The Hall–Kier alpha value is -3.18. The highest BCUT2D eigenvalue weighted by Crippen LogP contribution is 2.36. The molecule has 3 aromatic carbocycles. The second kappa shape index (κ2) is 8.52. The van der Waals surface area contributed by atoms with Gasteiger partial charge in [0.2, 0.25) is 0 Å². The standard InChI is InChI=1S/C26H23F2NO2/c27-23-8-6-21(16-24(23)28)29-25-9-7-22(31-17-18-4-2-1-3-5-18)14-20(25)15-26(29)19-10-12-30-13-11-19/h1-9,14-16,19H,10-13,17H2. The van der Waals surface area contributed by atoms with Crippen LogP contribution in [0.4, 0.5) is 8.78 Å². The number of ether oxygens (including phenoxy) is 2. The summed E-state index contributed by atoms with van der Waals surface area (Å²) in [5.74, 6) is -0.621. The predicted octanol–water partition coefficient (Wildman–Crippen LogP) is 6.38. The number of rotatable bonds is 5. The molecule has 1 aromatic heterocycles. The summed E-state index contributed by atoms with van der Waals surface area (Å²) in [5.41, 5.74) is 3.75. The van der Waals surface area contributed by atoms with Crippen molar-refractivity contribution in [3.8, 4) is 11.4 Å². The van der Waals surface area contributed by atoms with Gasteiger partial charge in [-0.05, 0) is 54.8 Å². The van der Waals surface area contributed by atoms with Gasteiger partial charge >= 0.3 is 0 Å². The summed E-state index contributed by atoms with van der Waals surface area (Å²) in [4.78, 5) is 0. The van der Waals surface area contributed by atoms with E-state index in [2.05, 4.69) is 6.07 Å². The van der Waals surface area contributed by atoms with E-state index in [4.69, 9.17) is 9.47 Å². The van der Waals surface area contributed by atoms with Gasteiger partial charge in [0.15, 0.2) is 11.6 Å². The van der Waals surface area contributed by atoms with Crippen molar-refractivity contribution in [1.82, 2.24) is 4.57 Å². The zero-order valence-corrected chi connectivity index (χ0v) is 17.1. The van der Waals surface area contributed by atoms with E-state index in [-0.39, 0.29) is 0 Å². The van der Waals surface area contributed by atoms with E-state index < -0.39 is 11.6 Å². The molecule has 0 spiro atoms. The fourth-order valence-corrected chi connectivity index (χ4v) is 4.25. The fraction of sp³-hybridized carbons (Fsp3) is 0.231. The topological polar surface area (TPSA) is 23.4 Å². The van der Waals surface area contributed by atoms with Gasteiger partial charge < -0.3 is 14.0 Å². The Morgan fingerprint density at radius 3 is 2.45 bits per heavy atom. The molecular formula is C26H23F2NO2. The molecular weight excluding hydrogens is 396 g/mol. The molecule has 5 heteroatoms. The van der Waals surface area contributed by atoms with Crippen molar-refractivity contribution >= 4 is 10.9 Å². The molecule has 3 nitrogen and oxygen atoms in total. The Kier molecular flexibility index (Phi) is 5.43. The first-order valence-electron chi connectivity index (χ1n) is 10.5. The highest BCUT2D eigenvalue weighted by atomic mass is 19.2. The number of nitrogens with zero attached hydrogens (tertiary/aromatic N) is 1. The molecule has 4 aromatic rings. The molecule has 1 fully saturated rings. The van der Waals surface area contributed by atoms with E-state index in [1.165, 1.54) is 12.1 Å². The monoisotopic (exact) mass is 419 g/mol. The second-order valence-electron chi connectivity index (χ2n) is 7.88. The number of hydrogen-bond donors (Lipinski definition) is 0. The lowest BCUT2D eigenvalue weighted by Gasteiger charge is -2.24. The highest BCUT2D eigenvalue weighted by Gasteiger charge is 2.23. The molecule has 31 heavy (non-hydrogen) atoms. The van der Waals surface area contributed by atoms with Gasteiger partial charge in [-0.15, -0.1) is 0 Å². The summed E-state index contributed by atoms with van der Waals surface area (Å²) >= 11 is 0. The van der Waals surface area contributed by atoms with E-state index in [0.29, 0.717) is 31.4 Å². The van der Waals surface area contributed by atoms with Crippen LogP contribution in [0.25, 0.3) is 16.6 Å². The molecule has 1 aliphatic rings. The molecule has 0 aliphatic carbocycles. The SMILES string of the molecule is Fc1ccc(-n2c(C3CCOCC3)cc3cc(OCc4ccccc4)ccc32)cc1F. The molecule has 0 atom stereocenters. The molecule has 0 bridgehead atoms. The lowest BCUT2D eigenvalue weighted by Crippen LogP contribution is -2.16. The second-order valence-corrected chi connectivity index (χ2v) is 7.88. The minimum Gasteiger partial charge on any atom is -0.489 e. The maximum atomic E-state index is 14.0. The van der Waals surface area contributed by atoms with E-state index in [1.54, 1.807) is 6.07 Å². The quantitative estimate of drug-likeness (QED) is 0.375. The van der Waals surface area contributed by atoms with Gasteiger partial charge in [0.1, 0.15) is 12.4 Å². The Bertz CT molecular complexity index is 1200. The summed E-state index contributed by atoms with van der Waals surface area (Å²) in [5, 5.41) is 1.01. The predicted molar refractivity (Wildman–Crippen MR) is 117 cm³/mol. The van der Waals surface area contributed by atoms with Crippen LogP contribution in [0.1, 0.15) is 30.0 Å². The first-order valence-corrected chi connectivity index (χ1v) is 10.5. The molecule has 0 N–H and O–H groups in total. The fourth-order valence-electron chi connectivity index (χ4n) is 4.25. The van der Waals surface area contributed by atoms with E-state index in [1.807, 2.05) is 53.1 Å². The van der Waals surface area contributed by atoms with Crippen LogP contribution in [0.2, 0.25) is 0 Å². The Morgan fingerprint density at radius 2 is 1.68 bits per heavy atom. The normalized spacial score (nSPS) is 14.8. The summed E-state index contributed by atoms with van der Waals surface area (Å²) in [7, 11) is 0. The van der Waals surface area contributed by atoms with E-state index >= 15 is 0 Å². The van der Waals surface area contributed by atoms with Gasteiger partial charge in [0, 0.05) is 42.0 Å². The van der Waals surface area contributed by atoms with Crippen molar-refractivity contribution in [2.45, 2.75) is 25.4 Å². The summed E-state index contributed by atoms with van der Waals surface area (Å²) in [6.45, 7) is 1.90. The summed E-state index contributed by atoms with van der Waals surface area (Å²) in [6, 6.07) is 22.2. The molecule has 0 radical (unpaired) electrons. The number of aromatic nitrogens is 1. The van der Waals surface area contributed by atoms with Crippen molar-refractivity contribution in [3.63, 3.8) is 0 Å². The molecule has 1 saturated heterocycles. The molecule has 158 valence electrons. The van der Waals surface area contributed by atoms with Gasteiger partial charge in [-0.3, -0.25) is 0 Å². The van der Waals surface area contributed by atoms with Crippen LogP contribution in [0.3, 0.4) is 0 Å². The molecule has 0 saturated carbocycles. The number of benzene rings is 3. The molecule has 2 heterocycles. The molecule has 1 aliphatic heterocycles. The van der Waals surface area contributed by atoms with Crippen LogP contribution < -0.4 is 4.74 Å². The molecule has 0 unspecified atom stereocenters. The maximum absolute atomic E-state index is 14.0. The maximum Gasteiger partial charge on any atom is 0.160 e. The minimum absolute atomic E-state index is 0.294. The number of hydrogen-bond acceptors (Lipinski definition) is 2. The van der Waals surface area contributed by atoms with E-state index in [0.717, 1.165) is 40.8 Å². The molecule has 0 amide bonds. The lowest BCUT2D eigenvalue weighted by atomic mass is 9.96. The van der Waals surface area contributed by atoms with Gasteiger partial charge in [0.05, 0.1) is 5.52 Å². The van der Waals surface area contributed by atoms with Gasteiger partial charge in [-0.2, -0.15) is 0 Å². The van der Waals surface area contributed by atoms with Crippen LogP contribution in [-0.4, -0.2) is 17.8 Å². The summed E-state index contributed by atoms with van der Waals surface area (Å²) in [6.07, 6.45) is 1.80. The van der Waals surface area contributed by atoms with Crippen molar-refractivity contribution in [3.05, 3.63) is 95.7 Å². The average Bonchev–Trinajstić information content (AvgIpc) is 3.19. The van der Waals surface area contributed by atoms with Crippen LogP contribution in [0, 0.1) is 11.6 Å². The Morgan fingerprint density at radius 1 is 0.871 bits per heavy atom. The van der Waals surface area contributed by atoms with Gasteiger partial charge in [-0.25, -0.2) is 8.78 Å². The first-order chi connectivity index (χ1) is 15.2. The Balaban J connectivity index is 1.55. The third-order valence-electron chi connectivity index (χ3n) is 5.85. The third-order valence-corrected chi connectivity index (χ3v) is 5.85. The third kappa shape index (κ3) is 4.06. The van der Waals surface area contributed by atoms with Crippen LogP contribution in [-0.2, 0) is 11.3 Å². The zero-order chi connectivity index (χ0) is 21.2. The van der Waals surface area contributed by atoms with Gasteiger partial charge in [-0.1, -0.05) is 30.3 Å². The van der Waals surface area contributed by atoms with Crippen molar-refractivity contribution in [2.75, 3.05) is 13.2 Å².